The van der Waals surface area contributed by atoms with E-state index >= 15 is 0 Å². The second-order valence-electron chi connectivity index (χ2n) is 5.31. The molecule has 21 heavy (non-hydrogen) atoms. The minimum absolute atomic E-state index is 0. The molecule has 1 unspecified atom stereocenters. The van der Waals surface area contributed by atoms with E-state index in [1.54, 1.807) is 0 Å². The van der Waals surface area contributed by atoms with Crippen molar-refractivity contribution in [3.05, 3.63) is 34.3 Å². The molecule has 0 saturated carbocycles. The Morgan fingerprint density at radius 2 is 2.05 bits per heavy atom. The molecule has 1 saturated heterocycles. The lowest BCUT2D eigenvalue weighted by atomic mass is 9.79. The Kier molecular flexibility index (Phi) is 7.13. The van der Waals surface area contributed by atoms with Crippen molar-refractivity contribution < 1.29 is 9.53 Å². The first-order valence-corrected chi connectivity index (χ1v) is 7.71. The summed E-state index contributed by atoms with van der Waals surface area (Å²) in [4.78, 5) is 12.6. The highest BCUT2D eigenvalue weighted by atomic mass is 79.9. The van der Waals surface area contributed by atoms with Gasteiger partial charge in [-0.25, -0.2) is 0 Å². The molecule has 4 nitrogen and oxygen atoms in total. The van der Waals surface area contributed by atoms with Crippen LogP contribution in [-0.2, 0) is 9.53 Å². The first kappa shape index (κ1) is 18.4. The van der Waals surface area contributed by atoms with Crippen LogP contribution in [0.5, 0.6) is 0 Å². The van der Waals surface area contributed by atoms with Crippen LogP contribution in [0.4, 0.5) is 0 Å². The maximum atomic E-state index is 12.6. The van der Waals surface area contributed by atoms with Gasteiger partial charge in [0.15, 0.2) is 0 Å². The summed E-state index contributed by atoms with van der Waals surface area (Å²) in [5, 5.41) is 3.09. The first-order chi connectivity index (χ1) is 9.59. The molecule has 1 aliphatic rings. The maximum absolute atomic E-state index is 12.6. The van der Waals surface area contributed by atoms with Crippen LogP contribution in [-0.4, -0.2) is 25.7 Å². The average Bonchev–Trinajstić information content (AvgIpc) is 2.48. The predicted molar refractivity (Wildman–Crippen MR) is 89.5 cm³/mol. The maximum Gasteiger partial charge on any atom is 0.228 e. The van der Waals surface area contributed by atoms with Crippen LogP contribution in [0.15, 0.2) is 28.7 Å². The molecule has 3 N–H and O–H groups in total. The number of benzene rings is 1. The summed E-state index contributed by atoms with van der Waals surface area (Å²) in [5.41, 5.74) is 6.45. The van der Waals surface area contributed by atoms with Gasteiger partial charge in [0.05, 0.1) is 11.5 Å². The summed E-state index contributed by atoms with van der Waals surface area (Å²) in [6, 6.07) is 7.86. The van der Waals surface area contributed by atoms with Gasteiger partial charge in [-0.15, -0.1) is 12.4 Å². The zero-order chi connectivity index (χ0) is 14.6. The number of carbonyl (C=O) groups excluding carboxylic acids is 1. The molecule has 2 rings (SSSR count). The Morgan fingerprint density at radius 1 is 1.43 bits per heavy atom. The highest BCUT2D eigenvalue weighted by molar-refractivity contribution is 9.10. The van der Waals surface area contributed by atoms with Crippen LogP contribution < -0.4 is 11.1 Å². The van der Waals surface area contributed by atoms with Crippen LogP contribution in [0.25, 0.3) is 0 Å². The zero-order valence-electron chi connectivity index (χ0n) is 12.1. The molecule has 118 valence electrons. The average molecular weight is 378 g/mol. The summed E-state index contributed by atoms with van der Waals surface area (Å²) in [5.74, 6) is 0.0338. The number of hydrogen-bond acceptors (Lipinski definition) is 3. The fourth-order valence-corrected chi connectivity index (χ4v) is 3.17. The van der Waals surface area contributed by atoms with Gasteiger partial charge in [0.25, 0.3) is 0 Å². The number of amides is 1. The predicted octanol–water partition coefficient (Wildman–Crippen LogP) is 2.80. The van der Waals surface area contributed by atoms with Crippen LogP contribution in [0.3, 0.4) is 0 Å². The zero-order valence-corrected chi connectivity index (χ0v) is 14.5. The largest absolute Gasteiger partial charge is 0.381 e. The van der Waals surface area contributed by atoms with Crippen LogP contribution in [0, 0.1) is 5.41 Å². The number of nitrogens with two attached hydrogens (primary N) is 1. The third-order valence-corrected chi connectivity index (χ3v) is 4.76. The minimum atomic E-state index is -0.478. The lowest BCUT2D eigenvalue weighted by Gasteiger charge is -2.35. The monoisotopic (exact) mass is 376 g/mol. The SMILES string of the molecule is CC(NC(=O)C1(CN)CCOCC1)c1ccccc1Br.Cl. The topological polar surface area (TPSA) is 64.4 Å². The molecule has 1 heterocycles. The van der Waals surface area contributed by atoms with Crippen LogP contribution in [0.2, 0.25) is 0 Å². The van der Waals surface area contributed by atoms with E-state index in [4.69, 9.17) is 10.5 Å². The molecule has 1 fully saturated rings. The van der Waals surface area contributed by atoms with E-state index < -0.39 is 5.41 Å². The molecule has 1 aromatic rings. The van der Waals surface area contributed by atoms with Crippen molar-refractivity contribution in [2.24, 2.45) is 11.1 Å². The van der Waals surface area contributed by atoms with E-state index in [1.807, 2.05) is 31.2 Å². The van der Waals surface area contributed by atoms with Crippen molar-refractivity contribution in [2.45, 2.75) is 25.8 Å². The number of nitrogens with one attached hydrogen (secondary N) is 1. The third-order valence-electron chi connectivity index (χ3n) is 4.04. The van der Waals surface area contributed by atoms with E-state index in [-0.39, 0.29) is 24.4 Å². The van der Waals surface area contributed by atoms with Crippen molar-refractivity contribution in [2.75, 3.05) is 19.8 Å². The lowest BCUT2D eigenvalue weighted by Crippen LogP contribution is -2.49. The Labute approximate surface area is 140 Å². The van der Waals surface area contributed by atoms with E-state index in [0.29, 0.717) is 32.6 Å². The minimum Gasteiger partial charge on any atom is -0.381 e. The van der Waals surface area contributed by atoms with Crippen LogP contribution in [0.1, 0.15) is 31.4 Å². The summed E-state index contributed by atoms with van der Waals surface area (Å²) < 4.78 is 6.34. The van der Waals surface area contributed by atoms with E-state index in [2.05, 4.69) is 21.2 Å². The van der Waals surface area contributed by atoms with Gasteiger partial charge in [-0.05, 0) is 31.4 Å². The fraction of sp³-hybridized carbons (Fsp3) is 0.533. The van der Waals surface area contributed by atoms with Crippen molar-refractivity contribution in [1.82, 2.24) is 5.32 Å². The van der Waals surface area contributed by atoms with E-state index in [0.717, 1.165) is 10.0 Å². The molecule has 1 aliphatic heterocycles. The Morgan fingerprint density at radius 3 is 2.62 bits per heavy atom. The summed E-state index contributed by atoms with van der Waals surface area (Å²) >= 11 is 3.52. The Bertz CT molecular complexity index is 478. The molecule has 1 aromatic carbocycles. The smallest absolute Gasteiger partial charge is 0.228 e. The number of ether oxygens (including phenoxy) is 1. The normalized spacial score (nSPS) is 18.4. The molecular formula is C15H22BrClN2O2. The van der Waals surface area contributed by atoms with Gasteiger partial charge >= 0.3 is 0 Å². The number of rotatable bonds is 4. The van der Waals surface area contributed by atoms with Crippen molar-refractivity contribution >= 4 is 34.2 Å². The second-order valence-corrected chi connectivity index (χ2v) is 6.17. The summed E-state index contributed by atoms with van der Waals surface area (Å²) in [6.07, 6.45) is 1.38. The fourth-order valence-electron chi connectivity index (χ4n) is 2.54. The highest BCUT2D eigenvalue weighted by Crippen LogP contribution is 2.31. The molecule has 0 spiro atoms. The van der Waals surface area contributed by atoms with Crippen LogP contribution >= 0.6 is 28.3 Å². The Balaban J connectivity index is 0.00000220. The van der Waals surface area contributed by atoms with Crippen molar-refractivity contribution in [3.63, 3.8) is 0 Å². The number of carbonyl (C=O) groups is 1. The van der Waals surface area contributed by atoms with Gasteiger partial charge in [-0.3, -0.25) is 4.79 Å². The van der Waals surface area contributed by atoms with Gasteiger partial charge in [-0.2, -0.15) is 0 Å². The van der Waals surface area contributed by atoms with Crippen molar-refractivity contribution in [3.8, 4) is 0 Å². The standard InChI is InChI=1S/C15H21BrN2O2.ClH/c1-11(12-4-2-3-5-13(12)16)18-14(19)15(10-17)6-8-20-9-7-15;/h2-5,11H,6-10,17H2,1H3,(H,18,19);1H. The quantitative estimate of drug-likeness (QED) is 0.848. The second kappa shape index (κ2) is 8.13. The first-order valence-electron chi connectivity index (χ1n) is 6.92. The van der Waals surface area contributed by atoms with E-state index in [9.17, 15) is 4.79 Å². The van der Waals surface area contributed by atoms with Crippen molar-refractivity contribution in [1.29, 1.82) is 0 Å². The summed E-state index contributed by atoms with van der Waals surface area (Å²) in [7, 11) is 0. The Hall–Kier alpha value is -0.620. The summed E-state index contributed by atoms with van der Waals surface area (Å²) in [6.45, 7) is 3.56. The molecule has 0 aliphatic carbocycles. The van der Waals surface area contributed by atoms with E-state index in [1.165, 1.54) is 0 Å². The van der Waals surface area contributed by atoms with Gasteiger partial charge < -0.3 is 15.8 Å². The highest BCUT2D eigenvalue weighted by Gasteiger charge is 2.39. The molecular weight excluding hydrogens is 356 g/mol. The van der Waals surface area contributed by atoms with Gasteiger partial charge in [-0.1, -0.05) is 34.1 Å². The van der Waals surface area contributed by atoms with Gasteiger partial charge in [0, 0.05) is 24.2 Å². The number of halogens is 2. The number of hydrogen-bond donors (Lipinski definition) is 2. The van der Waals surface area contributed by atoms with Gasteiger partial charge in [0.1, 0.15) is 0 Å². The molecule has 0 bridgehead atoms. The molecule has 1 atom stereocenters. The molecule has 6 heteroatoms. The van der Waals surface area contributed by atoms with Gasteiger partial charge in [0.2, 0.25) is 5.91 Å². The molecule has 0 radical (unpaired) electrons. The molecule has 0 aromatic heterocycles. The molecule has 1 amide bonds. The lowest BCUT2D eigenvalue weighted by molar-refractivity contribution is -0.136. The third kappa shape index (κ3) is 4.19.